The van der Waals surface area contributed by atoms with Crippen molar-refractivity contribution in [3.8, 4) is 0 Å². The molecule has 0 radical (unpaired) electrons. The van der Waals surface area contributed by atoms with E-state index in [1.807, 2.05) is 6.08 Å². The van der Waals surface area contributed by atoms with Crippen molar-refractivity contribution in [2.24, 2.45) is 11.8 Å². The van der Waals surface area contributed by atoms with E-state index in [4.69, 9.17) is 0 Å². The van der Waals surface area contributed by atoms with Crippen LogP contribution in [0.25, 0.3) is 0 Å². The minimum atomic E-state index is 0.176. The second-order valence-electron chi connectivity index (χ2n) is 3.17. The van der Waals surface area contributed by atoms with Crippen LogP contribution in [0.1, 0.15) is 12.8 Å². The number of allylic oxidation sites excluding steroid dienone is 3. The van der Waals surface area contributed by atoms with Crippen LogP contribution >= 0.6 is 0 Å². The quantitative estimate of drug-likeness (QED) is 0.461. The Hall–Kier alpha value is -0.850. The fourth-order valence-electron chi connectivity index (χ4n) is 1.84. The van der Waals surface area contributed by atoms with E-state index in [0.717, 1.165) is 18.4 Å². The molecule has 0 spiro atoms. The molecule has 0 aromatic heterocycles. The van der Waals surface area contributed by atoms with Gasteiger partial charge in [0.05, 0.1) is 0 Å². The molecule has 1 fully saturated rings. The third-order valence-electron chi connectivity index (χ3n) is 2.43. The van der Waals surface area contributed by atoms with Gasteiger partial charge in [-0.25, -0.2) is 0 Å². The number of carbonyl (C=O) groups is 1. The summed E-state index contributed by atoms with van der Waals surface area (Å²) in [5.74, 6) is 1.06. The molecule has 0 amide bonds. The molecule has 1 heteroatoms. The topological polar surface area (TPSA) is 17.1 Å². The van der Waals surface area contributed by atoms with Crippen molar-refractivity contribution in [2.75, 3.05) is 0 Å². The van der Waals surface area contributed by atoms with Gasteiger partial charge in [-0.1, -0.05) is 18.2 Å². The first-order valence-electron chi connectivity index (χ1n) is 3.67. The minimum absolute atomic E-state index is 0.176. The van der Waals surface area contributed by atoms with Gasteiger partial charge in [0.2, 0.25) is 0 Å². The summed E-state index contributed by atoms with van der Waals surface area (Å²) >= 11 is 0. The second kappa shape index (κ2) is 1.82. The van der Waals surface area contributed by atoms with Gasteiger partial charge in [0, 0.05) is 5.92 Å². The Morgan fingerprint density at radius 2 is 2.40 bits per heavy atom. The zero-order chi connectivity index (χ0) is 7.14. The fraction of sp³-hybridized carbons (Fsp3) is 0.444. The molecule has 10 heavy (non-hydrogen) atoms. The van der Waals surface area contributed by atoms with Crippen LogP contribution in [0, 0.1) is 11.8 Å². The Balaban J connectivity index is 2.37. The maximum absolute atomic E-state index is 11.1. The van der Waals surface area contributed by atoms with Crippen molar-refractivity contribution in [1.29, 1.82) is 0 Å². The smallest absolute Gasteiger partial charge is 0.162 e. The molecule has 1 nitrogen and oxygen atoms in total. The summed E-state index contributed by atoms with van der Waals surface area (Å²) in [6.07, 6.45) is 5.80. The molecule has 1 saturated carbocycles. The summed E-state index contributed by atoms with van der Waals surface area (Å²) in [6, 6.07) is 0. The molecule has 2 aliphatic carbocycles. The van der Waals surface area contributed by atoms with Crippen LogP contribution < -0.4 is 0 Å². The highest BCUT2D eigenvalue weighted by Crippen LogP contribution is 2.39. The Morgan fingerprint density at radius 1 is 1.60 bits per heavy atom. The van der Waals surface area contributed by atoms with E-state index >= 15 is 0 Å². The van der Waals surface area contributed by atoms with Crippen molar-refractivity contribution in [3.63, 3.8) is 0 Å². The first-order valence-corrected chi connectivity index (χ1v) is 3.67. The van der Waals surface area contributed by atoms with E-state index in [0.29, 0.717) is 5.92 Å². The molecule has 0 unspecified atom stereocenters. The number of hydrogen-bond acceptors (Lipinski definition) is 1. The molecule has 0 heterocycles. The van der Waals surface area contributed by atoms with Gasteiger partial charge in [0.15, 0.2) is 5.78 Å². The SMILES string of the molecule is C=C1C[C@@H]2C=CC(=O)[C@H]1C2. The number of rotatable bonds is 0. The van der Waals surface area contributed by atoms with Gasteiger partial charge >= 0.3 is 0 Å². The Kier molecular flexibility index (Phi) is 1.07. The van der Waals surface area contributed by atoms with E-state index in [1.165, 1.54) is 0 Å². The highest BCUT2D eigenvalue weighted by atomic mass is 16.1. The molecule has 0 saturated heterocycles. The lowest BCUT2D eigenvalue weighted by Crippen LogP contribution is -2.12. The van der Waals surface area contributed by atoms with Crippen molar-refractivity contribution in [3.05, 3.63) is 24.3 Å². The average Bonchev–Trinajstić information content (AvgIpc) is 2.21. The van der Waals surface area contributed by atoms with Crippen LogP contribution in [0.4, 0.5) is 0 Å². The number of carbonyl (C=O) groups excluding carboxylic acids is 1. The van der Waals surface area contributed by atoms with Crippen LogP contribution in [0.2, 0.25) is 0 Å². The molecule has 2 bridgehead atoms. The average molecular weight is 134 g/mol. The van der Waals surface area contributed by atoms with E-state index in [1.54, 1.807) is 6.08 Å². The van der Waals surface area contributed by atoms with Crippen LogP contribution in [-0.2, 0) is 4.79 Å². The molecular formula is C9H10O. The monoisotopic (exact) mass is 134 g/mol. The van der Waals surface area contributed by atoms with E-state index in [9.17, 15) is 4.79 Å². The maximum atomic E-state index is 11.1. The van der Waals surface area contributed by atoms with Crippen LogP contribution in [-0.4, -0.2) is 5.78 Å². The number of hydrogen-bond donors (Lipinski definition) is 0. The van der Waals surface area contributed by atoms with Crippen molar-refractivity contribution >= 4 is 5.78 Å². The van der Waals surface area contributed by atoms with Gasteiger partial charge in [0.1, 0.15) is 0 Å². The Morgan fingerprint density at radius 3 is 3.10 bits per heavy atom. The summed E-state index contributed by atoms with van der Waals surface area (Å²) in [4.78, 5) is 11.1. The highest BCUT2D eigenvalue weighted by Gasteiger charge is 2.33. The molecule has 2 aliphatic rings. The fourth-order valence-corrected chi connectivity index (χ4v) is 1.84. The zero-order valence-electron chi connectivity index (χ0n) is 5.84. The molecule has 0 aromatic rings. The van der Waals surface area contributed by atoms with E-state index < -0.39 is 0 Å². The largest absolute Gasteiger partial charge is 0.294 e. The highest BCUT2D eigenvalue weighted by molar-refractivity contribution is 5.95. The summed E-state index contributed by atoms with van der Waals surface area (Å²) in [5.41, 5.74) is 1.14. The molecule has 2 rings (SSSR count). The molecule has 2 atom stereocenters. The molecule has 0 aliphatic heterocycles. The third-order valence-corrected chi connectivity index (χ3v) is 2.43. The Bertz CT molecular complexity index is 225. The van der Waals surface area contributed by atoms with Gasteiger partial charge in [-0.15, -0.1) is 0 Å². The standard InChI is InChI=1S/C9H10O/c1-6-4-7-2-3-9(10)8(6)5-7/h2-3,7-8H,1,4-5H2/t7-,8-/m0/s1. The van der Waals surface area contributed by atoms with Gasteiger partial charge in [0.25, 0.3) is 0 Å². The zero-order valence-corrected chi connectivity index (χ0v) is 5.84. The van der Waals surface area contributed by atoms with Crippen molar-refractivity contribution in [1.82, 2.24) is 0 Å². The lowest BCUT2D eigenvalue weighted by Gasteiger charge is -2.09. The van der Waals surface area contributed by atoms with Gasteiger partial charge in [-0.05, 0) is 24.8 Å². The van der Waals surface area contributed by atoms with E-state index in [2.05, 4.69) is 6.58 Å². The summed E-state index contributed by atoms with van der Waals surface area (Å²) in [6.45, 7) is 3.89. The van der Waals surface area contributed by atoms with Gasteiger partial charge in [-0.3, -0.25) is 4.79 Å². The van der Waals surface area contributed by atoms with Gasteiger partial charge < -0.3 is 0 Å². The predicted octanol–water partition coefficient (Wildman–Crippen LogP) is 1.71. The Labute approximate surface area is 60.4 Å². The third kappa shape index (κ3) is 0.666. The van der Waals surface area contributed by atoms with Crippen LogP contribution in [0.5, 0.6) is 0 Å². The lowest BCUT2D eigenvalue weighted by atomic mass is 9.93. The normalized spacial score (nSPS) is 37.2. The summed E-state index contributed by atoms with van der Waals surface area (Å²) < 4.78 is 0. The second-order valence-corrected chi connectivity index (χ2v) is 3.17. The number of fused-ring (bicyclic) bond motifs is 2. The summed E-state index contributed by atoms with van der Waals surface area (Å²) in [7, 11) is 0. The molecule has 52 valence electrons. The first kappa shape index (κ1) is 5.90. The van der Waals surface area contributed by atoms with Crippen LogP contribution in [0.15, 0.2) is 24.3 Å². The van der Waals surface area contributed by atoms with Crippen molar-refractivity contribution in [2.45, 2.75) is 12.8 Å². The lowest BCUT2D eigenvalue weighted by molar-refractivity contribution is -0.117. The maximum Gasteiger partial charge on any atom is 0.162 e. The van der Waals surface area contributed by atoms with Crippen LogP contribution in [0.3, 0.4) is 0 Å². The first-order chi connectivity index (χ1) is 4.77. The predicted molar refractivity (Wildman–Crippen MR) is 39.5 cm³/mol. The van der Waals surface area contributed by atoms with Gasteiger partial charge in [-0.2, -0.15) is 0 Å². The minimum Gasteiger partial charge on any atom is -0.294 e. The summed E-state index contributed by atoms with van der Waals surface area (Å²) in [5, 5.41) is 0. The van der Waals surface area contributed by atoms with E-state index in [-0.39, 0.29) is 11.7 Å². The molecular weight excluding hydrogens is 124 g/mol. The number of ketones is 1. The molecule has 0 N–H and O–H groups in total. The van der Waals surface area contributed by atoms with Crippen molar-refractivity contribution < 1.29 is 4.79 Å². The molecule has 0 aromatic carbocycles.